The van der Waals surface area contributed by atoms with Gasteiger partial charge in [0.2, 0.25) is 0 Å². The van der Waals surface area contributed by atoms with Crippen LogP contribution in [0.15, 0.2) is 6.20 Å². The van der Waals surface area contributed by atoms with Crippen LogP contribution in [0.4, 0.5) is 0 Å². The van der Waals surface area contributed by atoms with Crippen molar-refractivity contribution < 1.29 is 15.0 Å². The van der Waals surface area contributed by atoms with Gasteiger partial charge >= 0.3 is 0 Å². The van der Waals surface area contributed by atoms with Crippen LogP contribution in [0.3, 0.4) is 0 Å². The maximum atomic E-state index is 10.5. The molecule has 0 fully saturated rings. The first-order chi connectivity index (χ1) is 6.24. The van der Waals surface area contributed by atoms with Crippen LogP contribution in [0, 0.1) is 5.41 Å². The molecule has 1 rings (SSSR count). The molecule has 5 nitrogen and oxygen atoms in total. The van der Waals surface area contributed by atoms with Crippen molar-refractivity contribution in [2.45, 2.75) is 6.61 Å². The van der Waals surface area contributed by atoms with E-state index in [1.807, 2.05) is 0 Å². The first-order valence-electron chi connectivity index (χ1n) is 3.52. The van der Waals surface area contributed by atoms with Crippen LogP contribution in [0.2, 0.25) is 0 Å². The summed E-state index contributed by atoms with van der Waals surface area (Å²) in [6.07, 6.45) is 2.52. The van der Waals surface area contributed by atoms with Crippen molar-refractivity contribution in [1.29, 1.82) is 5.41 Å². The lowest BCUT2D eigenvalue weighted by atomic mass is 10.1. The van der Waals surface area contributed by atoms with Crippen LogP contribution in [0.1, 0.15) is 21.6 Å². The third-order valence-electron chi connectivity index (χ3n) is 1.63. The Morgan fingerprint density at radius 3 is 2.77 bits per heavy atom. The minimum Gasteiger partial charge on any atom is -0.505 e. The average Bonchev–Trinajstić information content (AvgIpc) is 2.17. The van der Waals surface area contributed by atoms with Crippen LogP contribution < -0.4 is 0 Å². The summed E-state index contributed by atoms with van der Waals surface area (Å²) in [6.45, 7) is -0.368. The van der Waals surface area contributed by atoms with E-state index in [0.717, 1.165) is 6.21 Å². The van der Waals surface area contributed by atoms with Gasteiger partial charge in [-0.2, -0.15) is 0 Å². The van der Waals surface area contributed by atoms with Crippen molar-refractivity contribution in [1.82, 2.24) is 4.98 Å². The number of carbonyl (C=O) groups excluding carboxylic acids is 1. The maximum absolute atomic E-state index is 10.5. The average molecular weight is 180 g/mol. The Hall–Kier alpha value is -1.75. The van der Waals surface area contributed by atoms with Crippen LogP contribution in [-0.4, -0.2) is 27.7 Å². The van der Waals surface area contributed by atoms with Crippen molar-refractivity contribution in [3.63, 3.8) is 0 Å². The first kappa shape index (κ1) is 9.34. The molecule has 0 aliphatic carbocycles. The summed E-state index contributed by atoms with van der Waals surface area (Å²) >= 11 is 0. The second kappa shape index (κ2) is 3.77. The SMILES string of the molecule is N=Cc1ncc(CO)c(C=O)c1O. The summed E-state index contributed by atoms with van der Waals surface area (Å²) in [5, 5.41) is 25.0. The van der Waals surface area contributed by atoms with Gasteiger partial charge < -0.3 is 15.6 Å². The number of aldehydes is 1. The van der Waals surface area contributed by atoms with Gasteiger partial charge in [0, 0.05) is 18.0 Å². The Kier molecular flexibility index (Phi) is 2.71. The quantitative estimate of drug-likeness (QED) is 0.453. The summed E-state index contributed by atoms with van der Waals surface area (Å²) in [5.41, 5.74) is 0.244. The Labute approximate surface area is 74.2 Å². The maximum Gasteiger partial charge on any atom is 0.154 e. The molecule has 0 saturated carbocycles. The summed E-state index contributed by atoms with van der Waals surface area (Å²) in [4.78, 5) is 14.2. The van der Waals surface area contributed by atoms with E-state index < -0.39 is 0 Å². The number of hydrogen-bond donors (Lipinski definition) is 3. The lowest BCUT2D eigenvalue weighted by molar-refractivity contribution is 0.111. The van der Waals surface area contributed by atoms with E-state index in [2.05, 4.69) is 4.98 Å². The highest BCUT2D eigenvalue weighted by Crippen LogP contribution is 2.20. The molecule has 0 saturated heterocycles. The third-order valence-corrected chi connectivity index (χ3v) is 1.63. The molecule has 0 aliphatic heterocycles. The van der Waals surface area contributed by atoms with Gasteiger partial charge in [-0.15, -0.1) is 0 Å². The molecule has 1 heterocycles. The molecular formula is C8H8N2O3. The highest BCUT2D eigenvalue weighted by Gasteiger charge is 2.10. The molecule has 0 aliphatic rings. The van der Waals surface area contributed by atoms with Crippen molar-refractivity contribution in [2.24, 2.45) is 0 Å². The smallest absolute Gasteiger partial charge is 0.154 e. The molecule has 3 N–H and O–H groups in total. The number of hydrogen-bond acceptors (Lipinski definition) is 5. The zero-order valence-electron chi connectivity index (χ0n) is 6.69. The number of aromatic nitrogens is 1. The van der Waals surface area contributed by atoms with Crippen molar-refractivity contribution >= 4 is 12.5 Å². The number of nitrogens with zero attached hydrogens (tertiary/aromatic N) is 1. The highest BCUT2D eigenvalue weighted by atomic mass is 16.3. The summed E-state index contributed by atoms with van der Waals surface area (Å²) in [7, 11) is 0. The molecule has 13 heavy (non-hydrogen) atoms. The summed E-state index contributed by atoms with van der Waals surface area (Å²) in [5.74, 6) is -0.364. The van der Waals surface area contributed by atoms with Gasteiger partial charge in [0.05, 0.1) is 12.2 Å². The minimum atomic E-state index is -0.368. The van der Waals surface area contributed by atoms with E-state index >= 15 is 0 Å². The molecule has 0 radical (unpaired) electrons. The van der Waals surface area contributed by atoms with E-state index in [0.29, 0.717) is 6.29 Å². The van der Waals surface area contributed by atoms with Crippen LogP contribution in [0.25, 0.3) is 0 Å². The summed E-state index contributed by atoms with van der Waals surface area (Å²) in [6, 6.07) is 0. The second-order valence-corrected chi connectivity index (χ2v) is 2.35. The molecule has 0 bridgehead atoms. The molecule has 0 aromatic carbocycles. The fourth-order valence-corrected chi connectivity index (χ4v) is 0.931. The predicted molar refractivity (Wildman–Crippen MR) is 45.1 cm³/mol. The normalized spacial score (nSPS) is 9.62. The van der Waals surface area contributed by atoms with Gasteiger partial charge in [-0.1, -0.05) is 0 Å². The van der Waals surface area contributed by atoms with E-state index in [-0.39, 0.29) is 29.2 Å². The van der Waals surface area contributed by atoms with E-state index in [9.17, 15) is 9.90 Å². The molecule has 1 aromatic rings. The zero-order valence-corrected chi connectivity index (χ0v) is 6.69. The molecule has 0 unspecified atom stereocenters. The fourth-order valence-electron chi connectivity index (χ4n) is 0.931. The Balaban J connectivity index is 3.39. The Morgan fingerprint density at radius 1 is 1.62 bits per heavy atom. The number of aliphatic hydroxyl groups excluding tert-OH is 1. The van der Waals surface area contributed by atoms with Crippen molar-refractivity contribution in [3.05, 3.63) is 23.0 Å². The number of aromatic hydroxyl groups is 1. The molecule has 68 valence electrons. The van der Waals surface area contributed by atoms with Crippen LogP contribution >= 0.6 is 0 Å². The van der Waals surface area contributed by atoms with Crippen LogP contribution in [0.5, 0.6) is 5.75 Å². The van der Waals surface area contributed by atoms with Gasteiger partial charge in [-0.25, -0.2) is 0 Å². The standard InChI is InChI=1S/C8H8N2O3/c9-1-7-8(13)6(4-12)5(3-11)2-10-7/h1-2,4,9,11,13H,3H2. The van der Waals surface area contributed by atoms with E-state index in [1.165, 1.54) is 6.20 Å². The molecular weight excluding hydrogens is 172 g/mol. The van der Waals surface area contributed by atoms with Gasteiger partial charge in [0.15, 0.2) is 12.0 Å². The largest absolute Gasteiger partial charge is 0.505 e. The molecule has 5 heteroatoms. The Bertz CT molecular complexity index is 349. The number of rotatable bonds is 3. The second-order valence-electron chi connectivity index (χ2n) is 2.35. The highest BCUT2D eigenvalue weighted by molar-refractivity contribution is 5.88. The zero-order chi connectivity index (χ0) is 9.84. The number of carbonyl (C=O) groups is 1. The minimum absolute atomic E-state index is 0.0132. The first-order valence-corrected chi connectivity index (χ1v) is 3.52. The molecule has 0 amide bonds. The topological polar surface area (TPSA) is 94.3 Å². The van der Waals surface area contributed by atoms with Gasteiger partial charge in [-0.3, -0.25) is 9.78 Å². The molecule has 1 aromatic heterocycles. The Morgan fingerprint density at radius 2 is 2.31 bits per heavy atom. The van der Waals surface area contributed by atoms with Gasteiger partial charge in [0.1, 0.15) is 5.69 Å². The van der Waals surface area contributed by atoms with Gasteiger partial charge in [-0.05, 0) is 0 Å². The van der Waals surface area contributed by atoms with E-state index in [1.54, 1.807) is 0 Å². The number of pyridine rings is 1. The fraction of sp³-hybridized carbons (Fsp3) is 0.125. The number of aliphatic hydroxyl groups is 1. The van der Waals surface area contributed by atoms with Crippen molar-refractivity contribution in [3.8, 4) is 5.75 Å². The molecule has 0 atom stereocenters. The van der Waals surface area contributed by atoms with Crippen molar-refractivity contribution in [2.75, 3.05) is 0 Å². The monoisotopic (exact) mass is 180 g/mol. The summed E-state index contributed by atoms with van der Waals surface area (Å²) < 4.78 is 0. The number of nitrogens with one attached hydrogen (secondary N) is 1. The van der Waals surface area contributed by atoms with Crippen LogP contribution in [-0.2, 0) is 6.61 Å². The third kappa shape index (κ3) is 1.54. The molecule has 0 spiro atoms. The lowest BCUT2D eigenvalue weighted by Crippen LogP contribution is -1.99. The lowest BCUT2D eigenvalue weighted by Gasteiger charge is -2.04. The predicted octanol–water partition coefficient (Wildman–Crippen LogP) is 0.0897. The van der Waals surface area contributed by atoms with E-state index in [4.69, 9.17) is 10.5 Å². The van der Waals surface area contributed by atoms with Gasteiger partial charge in [0.25, 0.3) is 0 Å².